The Kier molecular flexibility index (Phi) is 6.04. The summed E-state index contributed by atoms with van der Waals surface area (Å²) in [4.78, 5) is 13.0. The van der Waals surface area contributed by atoms with Crippen LogP contribution in [0.15, 0.2) is 47.5 Å². The van der Waals surface area contributed by atoms with Crippen LogP contribution < -0.4 is 14.2 Å². The predicted octanol–water partition coefficient (Wildman–Crippen LogP) is 4.64. The molecule has 1 N–H and O–H groups in total. The van der Waals surface area contributed by atoms with Crippen LogP contribution in [0.4, 0.5) is 0 Å². The topological polar surface area (TPSA) is 65.0 Å². The molecule has 0 atom stereocenters. The zero-order chi connectivity index (χ0) is 20.1. The second-order valence-electron chi connectivity index (χ2n) is 6.57. The monoisotopic (exact) mass is 380 g/mol. The van der Waals surface area contributed by atoms with Crippen LogP contribution in [0.3, 0.4) is 0 Å². The minimum atomic E-state index is -0.0549. The number of phenolic OH excluding ortho intramolecular Hbond substituents is 1. The smallest absolute Gasteiger partial charge is 0.200 e. The third kappa shape index (κ3) is 4.19. The maximum absolute atomic E-state index is 13.0. The normalized spacial score (nSPS) is 17.0. The Bertz CT molecular complexity index is 915. The lowest BCUT2D eigenvalue weighted by atomic mass is 9.87. The van der Waals surface area contributed by atoms with Gasteiger partial charge in [-0.15, -0.1) is 0 Å². The molecule has 1 aliphatic carbocycles. The van der Waals surface area contributed by atoms with E-state index in [4.69, 9.17) is 14.2 Å². The molecule has 2 aromatic carbocycles. The number of carbonyl (C=O) groups is 1. The van der Waals surface area contributed by atoms with Gasteiger partial charge >= 0.3 is 0 Å². The van der Waals surface area contributed by atoms with Gasteiger partial charge in [-0.25, -0.2) is 0 Å². The fourth-order valence-electron chi connectivity index (χ4n) is 3.31. The van der Waals surface area contributed by atoms with Crippen LogP contribution >= 0.6 is 0 Å². The van der Waals surface area contributed by atoms with E-state index in [0.29, 0.717) is 17.9 Å². The molecule has 0 saturated heterocycles. The molecule has 5 nitrogen and oxygen atoms in total. The second-order valence-corrected chi connectivity index (χ2v) is 6.57. The Morgan fingerprint density at radius 1 is 0.857 bits per heavy atom. The number of allylic oxidation sites excluding steroid dienone is 2. The molecular formula is C23H24O5. The SMILES string of the molecule is COc1cccc(/C=C2\CCC/C(=C\c3cc(OC)c(O)c(OC)c3)C2=O)c1. The molecule has 28 heavy (non-hydrogen) atoms. The van der Waals surface area contributed by atoms with Crippen molar-refractivity contribution >= 4 is 17.9 Å². The molecule has 0 heterocycles. The molecule has 0 radical (unpaired) electrons. The van der Waals surface area contributed by atoms with Crippen molar-refractivity contribution in [3.8, 4) is 23.0 Å². The Morgan fingerprint density at radius 2 is 1.46 bits per heavy atom. The zero-order valence-electron chi connectivity index (χ0n) is 16.3. The third-order valence-electron chi connectivity index (χ3n) is 4.75. The van der Waals surface area contributed by atoms with E-state index in [1.165, 1.54) is 14.2 Å². The van der Waals surface area contributed by atoms with Crippen LogP contribution in [0.2, 0.25) is 0 Å². The van der Waals surface area contributed by atoms with Crippen molar-refractivity contribution in [1.29, 1.82) is 0 Å². The lowest BCUT2D eigenvalue weighted by Gasteiger charge is -2.17. The zero-order valence-corrected chi connectivity index (χ0v) is 16.3. The molecule has 2 aromatic rings. The summed E-state index contributed by atoms with van der Waals surface area (Å²) in [6.07, 6.45) is 6.12. The van der Waals surface area contributed by atoms with Gasteiger partial charge in [-0.1, -0.05) is 12.1 Å². The summed E-state index contributed by atoms with van der Waals surface area (Å²) in [5.41, 5.74) is 3.20. The maximum atomic E-state index is 13.0. The number of Topliss-reactive ketones (excluding diaryl/α,β-unsaturated/α-hetero) is 1. The highest BCUT2D eigenvalue weighted by molar-refractivity contribution is 6.14. The number of ether oxygens (including phenoxy) is 3. The lowest BCUT2D eigenvalue weighted by molar-refractivity contribution is -0.112. The Labute approximate surface area is 164 Å². The second kappa shape index (κ2) is 8.65. The van der Waals surface area contributed by atoms with Crippen molar-refractivity contribution in [2.45, 2.75) is 19.3 Å². The van der Waals surface area contributed by atoms with Crippen LogP contribution in [0.25, 0.3) is 12.2 Å². The van der Waals surface area contributed by atoms with Gasteiger partial charge in [0, 0.05) is 11.1 Å². The molecule has 1 fully saturated rings. The highest BCUT2D eigenvalue weighted by Crippen LogP contribution is 2.38. The van der Waals surface area contributed by atoms with Gasteiger partial charge in [0.05, 0.1) is 21.3 Å². The number of hydrogen-bond acceptors (Lipinski definition) is 5. The number of carbonyl (C=O) groups excluding carboxylic acids is 1. The fraction of sp³-hybridized carbons (Fsp3) is 0.261. The van der Waals surface area contributed by atoms with Crippen LogP contribution in [0.1, 0.15) is 30.4 Å². The first-order valence-electron chi connectivity index (χ1n) is 9.10. The minimum Gasteiger partial charge on any atom is -0.502 e. The first-order chi connectivity index (χ1) is 13.5. The first kappa shape index (κ1) is 19.5. The number of ketones is 1. The van der Waals surface area contributed by atoms with Crippen LogP contribution in [0, 0.1) is 0 Å². The van der Waals surface area contributed by atoms with E-state index in [9.17, 15) is 9.90 Å². The van der Waals surface area contributed by atoms with Crippen molar-refractivity contribution in [3.05, 3.63) is 58.7 Å². The van der Waals surface area contributed by atoms with Crippen molar-refractivity contribution in [2.75, 3.05) is 21.3 Å². The Hall–Kier alpha value is -3.21. The number of phenols is 1. The van der Waals surface area contributed by atoms with Crippen LogP contribution in [-0.4, -0.2) is 32.2 Å². The molecule has 1 saturated carbocycles. The van der Waals surface area contributed by atoms with E-state index in [-0.39, 0.29) is 11.5 Å². The van der Waals surface area contributed by atoms with Gasteiger partial charge in [0.25, 0.3) is 0 Å². The quantitative estimate of drug-likeness (QED) is 0.766. The third-order valence-corrected chi connectivity index (χ3v) is 4.75. The van der Waals surface area contributed by atoms with E-state index in [1.54, 1.807) is 19.2 Å². The lowest BCUT2D eigenvalue weighted by Crippen LogP contribution is -2.12. The molecule has 0 unspecified atom stereocenters. The maximum Gasteiger partial charge on any atom is 0.200 e. The summed E-state index contributed by atoms with van der Waals surface area (Å²) >= 11 is 0. The van der Waals surface area contributed by atoms with Crippen molar-refractivity contribution in [2.24, 2.45) is 0 Å². The van der Waals surface area contributed by atoms with Gasteiger partial charge in [0.2, 0.25) is 5.75 Å². The number of methoxy groups -OCH3 is 3. The number of aromatic hydroxyl groups is 1. The van der Waals surface area contributed by atoms with Gasteiger partial charge in [-0.3, -0.25) is 4.79 Å². The summed E-state index contributed by atoms with van der Waals surface area (Å²) < 4.78 is 15.7. The molecule has 1 aliphatic rings. The van der Waals surface area contributed by atoms with Crippen molar-refractivity contribution < 1.29 is 24.1 Å². The number of rotatable bonds is 5. The fourth-order valence-corrected chi connectivity index (χ4v) is 3.31. The molecule has 0 amide bonds. The first-order valence-corrected chi connectivity index (χ1v) is 9.10. The van der Waals surface area contributed by atoms with Crippen LogP contribution in [-0.2, 0) is 4.79 Å². The predicted molar refractivity (Wildman–Crippen MR) is 109 cm³/mol. The Morgan fingerprint density at radius 3 is 2.04 bits per heavy atom. The molecule has 146 valence electrons. The van der Waals surface area contributed by atoms with Crippen LogP contribution in [0.5, 0.6) is 23.0 Å². The number of hydrogen-bond donors (Lipinski definition) is 1. The minimum absolute atomic E-state index is 0.0417. The van der Waals surface area contributed by atoms with Gasteiger partial charge in [0.15, 0.2) is 17.3 Å². The average Bonchev–Trinajstić information content (AvgIpc) is 2.72. The van der Waals surface area contributed by atoms with Crippen molar-refractivity contribution in [1.82, 2.24) is 0 Å². The van der Waals surface area contributed by atoms with Gasteiger partial charge in [-0.05, 0) is 66.8 Å². The molecule has 0 bridgehead atoms. The standard InChI is InChI=1S/C23H24O5/c1-26-19-9-4-6-15(12-19)10-17-7-5-8-18(22(17)24)11-16-13-20(27-2)23(25)21(14-16)28-3/h4,6,9-14,25H,5,7-8H2,1-3H3/b17-10+,18-11+. The average molecular weight is 380 g/mol. The molecule has 0 spiro atoms. The molecular weight excluding hydrogens is 356 g/mol. The summed E-state index contributed by atoms with van der Waals surface area (Å²) in [5, 5.41) is 10.1. The molecule has 0 aliphatic heterocycles. The van der Waals surface area contributed by atoms with Crippen molar-refractivity contribution in [3.63, 3.8) is 0 Å². The summed E-state index contributed by atoms with van der Waals surface area (Å²) in [6, 6.07) is 11.0. The molecule has 3 rings (SSSR count). The van der Waals surface area contributed by atoms with E-state index < -0.39 is 0 Å². The Balaban J connectivity index is 1.93. The van der Waals surface area contributed by atoms with Gasteiger partial charge < -0.3 is 19.3 Å². The largest absolute Gasteiger partial charge is 0.502 e. The van der Waals surface area contributed by atoms with E-state index in [1.807, 2.05) is 36.4 Å². The van der Waals surface area contributed by atoms with E-state index >= 15 is 0 Å². The summed E-state index contributed by atoms with van der Waals surface area (Å²) in [6.45, 7) is 0. The van der Waals surface area contributed by atoms with E-state index in [2.05, 4.69) is 0 Å². The summed E-state index contributed by atoms with van der Waals surface area (Å²) in [7, 11) is 4.58. The highest BCUT2D eigenvalue weighted by atomic mass is 16.5. The molecule has 5 heteroatoms. The summed E-state index contributed by atoms with van der Waals surface area (Å²) in [5.74, 6) is 1.36. The molecule has 0 aromatic heterocycles. The van der Waals surface area contributed by atoms with Gasteiger partial charge in [-0.2, -0.15) is 0 Å². The number of benzene rings is 2. The van der Waals surface area contributed by atoms with Gasteiger partial charge in [0.1, 0.15) is 5.75 Å². The van der Waals surface area contributed by atoms with E-state index in [0.717, 1.165) is 40.9 Å². The highest BCUT2D eigenvalue weighted by Gasteiger charge is 2.21.